The van der Waals surface area contributed by atoms with Crippen LogP contribution >= 0.6 is 12.2 Å². The summed E-state index contributed by atoms with van der Waals surface area (Å²) in [7, 11) is 0. The summed E-state index contributed by atoms with van der Waals surface area (Å²) >= 11 is 5.80. The van der Waals surface area contributed by atoms with E-state index in [1.165, 1.54) is 5.56 Å². The van der Waals surface area contributed by atoms with Crippen LogP contribution < -0.4 is 10.6 Å². The van der Waals surface area contributed by atoms with Gasteiger partial charge in [-0.15, -0.1) is 0 Å². The summed E-state index contributed by atoms with van der Waals surface area (Å²) in [4.78, 5) is 19.6. The molecule has 182 valence electrons. The number of hydrogen-bond acceptors (Lipinski definition) is 3. The predicted molar refractivity (Wildman–Crippen MR) is 147 cm³/mol. The maximum Gasteiger partial charge on any atom is 0.226 e. The van der Waals surface area contributed by atoms with E-state index in [0.29, 0.717) is 18.1 Å². The van der Waals surface area contributed by atoms with Gasteiger partial charge in [0.1, 0.15) is 0 Å². The number of carbonyl (C=O) groups excluding carboxylic acids is 1. The third-order valence-electron chi connectivity index (χ3n) is 6.56. The molecule has 5 rings (SSSR count). The second-order valence-electron chi connectivity index (χ2n) is 9.08. The number of hydrogen-bond donors (Lipinski definition) is 2. The van der Waals surface area contributed by atoms with E-state index in [1.807, 2.05) is 49.4 Å². The molecule has 0 spiro atoms. The van der Waals surface area contributed by atoms with Gasteiger partial charge in [-0.05, 0) is 79.7 Å². The highest BCUT2D eigenvalue weighted by Gasteiger charge is 2.41. The molecule has 2 N–H and O–H groups in total. The van der Waals surface area contributed by atoms with E-state index in [-0.39, 0.29) is 18.0 Å². The molecule has 2 aromatic heterocycles. The van der Waals surface area contributed by atoms with Crippen molar-refractivity contribution in [2.45, 2.75) is 32.4 Å². The Kier molecular flexibility index (Phi) is 6.82. The van der Waals surface area contributed by atoms with Crippen LogP contribution in [0.2, 0.25) is 0 Å². The molecule has 6 nitrogen and oxygen atoms in total. The van der Waals surface area contributed by atoms with Crippen LogP contribution in [0.3, 0.4) is 0 Å². The Balaban J connectivity index is 1.45. The van der Waals surface area contributed by atoms with Crippen LogP contribution in [-0.2, 0) is 4.79 Å². The van der Waals surface area contributed by atoms with Gasteiger partial charge in [-0.3, -0.25) is 9.78 Å². The summed E-state index contributed by atoms with van der Waals surface area (Å²) in [5.74, 6) is -0.0406. The van der Waals surface area contributed by atoms with Gasteiger partial charge in [-0.25, -0.2) is 0 Å². The summed E-state index contributed by atoms with van der Waals surface area (Å²) in [5, 5.41) is 7.14. The molecular formula is C29H29N5OS. The largest absolute Gasteiger partial charge is 0.352 e. The Morgan fingerprint density at radius 2 is 1.86 bits per heavy atom. The number of thiocarbonyl (C=S) groups is 1. The quantitative estimate of drug-likeness (QED) is 0.332. The first-order valence-corrected chi connectivity index (χ1v) is 12.5. The van der Waals surface area contributed by atoms with E-state index in [4.69, 9.17) is 12.2 Å². The van der Waals surface area contributed by atoms with Crippen molar-refractivity contribution >= 4 is 28.9 Å². The van der Waals surface area contributed by atoms with E-state index in [1.54, 1.807) is 6.20 Å². The number of anilines is 1. The SMILES string of the molecule is Cc1cccc(-n2cccc2[C@H]2[C@H](c3ccccn3)NC(=S)N2CCC(=O)Nc2ccccc2C)c1. The zero-order chi connectivity index (χ0) is 25.1. The lowest BCUT2D eigenvalue weighted by molar-refractivity contribution is -0.116. The number of carbonyl (C=O) groups is 1. The predicted octanol–water partition coefficient (Wildman–Crippen LogP) is 5.49. The molecule has 4 aromatic rings. The lowest BCUT2D eigenvalue weighted by Crippen LogP contribution is -2.33. The maximum atomic E-state index is 12.9. The standard InChI is InChI=1S/C29H29N5OS/c1-20-9-7-11-22(19-20)33-17-8-14-25(33)28-27(24-13-5-6-16-30-24)32-29(36)34(28)18-15-26(35)31-23-12-4-3-10-21(23)2/h3-14,16-17,19,27-28H,15,18H2,1-2H3,(H,31,35)(H,32,36)/t27-,28-/m0/s1. The molecule has 1 aliphatic heterocycles. The van der Waals surface area contributed by atoms with Gasteiger partial charge in [0.25, 0.3) is 0 Å². The van der Waals surface area contributed by atoms with Gasteiger partial charge in [0, 0.05) is 42.4 Å². The fourth-order valence-electron chi connectivity index (χ4n) is 4.76. The lowest BCUT2D eigenvalue weighted by atomic mass is 10.0. The third kappa shape index (κ3) is 4.88. The van der Waals surface area contributed by atoms with E-state index in [2.05, 4.69) is 74.6 Å². The van der Waals surface area contributed by atoms with Crippen molar-refractivity contribution in [2.75, 3.05) is 11.9 Å². The average Bonchev–Trinajstić information content (AvgIpc) is 3.49. The molecule has 1 amide bonds. The molecule has 7 heteroatoms. The highest BCUT2D eigenvalue weighted by atomic mass is 32.1. The normalized spacial score (nSPS) is 17.2. The number of benzene rings is 2. The van der Waals surface area contributed by atoms with Gasteiger partial charge < -0.3 is 20.1 Å². The highest BCUT2D eigenvalue weighted by Crippen LogP contribution is 2.39. The van der Waals surface area contributed by atoms with Gasteiger partial charge >= 0.3 is 0 Å². The molecule has 36 heavy (non-hydrogen) atoms. The van der Waals surface area contributed by atoms with Crippen molar-refractivity contribution in [3.05, 3.63) is 114 Å². The maximum absolute atomic E-state index is 12.9. The summed E-state index contributed by atoms with van der Waals surface area (Å²) in [6.07, 6.45) is 4.19. The molecule has 3 heterocycles. The van der Waals surface area contributed by atoms with Gasteiger partial charge in [0.05, 0.1) is 17.8 Å². The first-order valence-electron chi connectivity index (χ1n) is 12.1. The number of amides is 1. The van der Waals surface area contributed by atoms with Crippen LogP contribution in [0, 0.1) is 13.8 Å². The Hall–Kier alpha value is -3.97. The number of rotatable bonds is 7. The Morgan fingerprint density at radius 3 is 2.64 bits per heavy atom. The fraction of sp³-hybridized carbons (Fsp3) is 0.207. The topological polar surface area (TPSA) is 62.2 Å². The molecule has 2 atom stereocenters. The number of para-hydroxylation sites is 1. The van der Waals surface area contributed by atoms with Crippen molar-refractivity contribution in [3.63, 3.8) is 0 Å². The van der Waals surface area contributed by atoms with Crippen molar-refractivity contribution in [1.82, 2.24) is 19.8 Å². The van der Waals surface area contributed by atoms with E-state index in [0.717, 1.165) is 28.3 Å². The second kappa shape index (κ2) is 10.3. The number of aromatic nitrogens is 2. The first kappa shape index (κ1) is 23.8. The molecule has 0 radical (unpaired) electrons. The molecular weight excluding hydrogens is 466 g/mol. The van der Waals surface area contributed by atoms with E-state index in [9.17, 15) is 4.79 Å². The highest BCUT2D eigenvalue weighted by molar-refractivity contribution is 7.80. The number of nitrogens with one attached hydrogen (secondary N) is 2. The monoisotopic (exact) mass is 495 g/mol. The summed E-state index contributed by atoms with van der Waals surface area (Å²) in [5.41, 5.74) is 6.15. The van der Waals surface area contributed by atoms with Gasteiger partial charge in [0.2, 0.25) is 5.91 Å². The molecule has 0 aliphatic carbocycles. The average molecular weight is 496 g/mol. The third-order valence-corrected chi connectivity index (χ3v) is 6.91. The molecule has 1 saturated heterocycles. The van der Waals surface area contributed by atoms with Crippen LogP contribution in [0.25, 0.3) is 5.69 Å². The van der Waals surface area contributed by atoms with Crippen LogP contribution in [0.5, 0.6) is 0 Å². The molecule has 1 aliphatic rings. The summed E-state index contributed by atoms with van der Waals surface area (Å²) in [6, 6.07) is 26.0. The van der Waals surface area contributed by atoms with Crippen molar-refractivity contribution in [1.29, 1.82) is 0 Å². The minimum Gasteiger partial charge on any atom is -0.352 e. The Bertz CT molecular complexity index is 1380. The van der Waals surface area contributed by atoms with Gasteiger partial charge in [-0.1, -0.05) is 36.4 Å². The number of nitrogens with zero attached hydrogens (tertiary/aromatic N) is 3. The van der Waals surface area contributed by atoms with E-state index < -0.39 is 0 Å². The Labute approximate surface area is 217 Å². The van der Waals surface area contributed by atoms with Crippen molar-refractivity contribution in [2.24, 2.45) is 0 Å². The Morgan fingerprint density at radius 1 is 1.03 bits per heavy atom. The number of pyridine rings is 1. The molecule has 0 bridgehead atoms. The number of aryl methyl sites for hydroxylation is 2. The molecule has 0 saturated carbocycles. The summed E-state index contributed by atoms with van der Waals surface area (Å²) in [6.45, 7) is 4.56. The second-order valence-corrected chi connectivity index (χ2v) is 9.46. The fourth-order valence-corrected chi connectivity index (χ4v) is 5.10. The van der Waals surface area contributed by atoms with Crippen molar-refractivity contribution < 1.29 is 4.79 Å². The zero-order valence-electron chi connectivity index (χ0n) is 20.4. The lowest BCUT2D eigenvalue weighted by Gasteiger charge is -2.29. The van der Waals surface area contributed by atoms with Crippen LogP contribution in [0.1, 0.15) is 41.0 Å². The summed E-state index contributed by atoms with van der Waals surface area (Å²) < 4.78 is 2.20. The molecule has 0 unspecified atom stereocenters. The minimum absolute atomic E-state index is 0.0406. The van der Waals surface area contributed by atoms with E-state index >= 15 is 0 Å². The van der Waals surface area contributed by atoms with Crippen molar-refractivity contribution in [3.8, 4) is 5.69 Å². The zero-order valence-corrected chi connectivity index (χ0v) is 21.2. The van der Waals surface area contributed by atoms with Crippen LogP contribution in [0.15, 0.2) is 91.3 Å². The molecule has 1 fully saturated rings. The van der Waals surface area contributed by atoms with Gasteiger partial charge in [-0.2, -0.15) is 0 Å². The smallest absolute Gasteiger partial charge is 0.226 e. The van der Waals surface area contributed by atoms with Crippen LogP contribution in [-0.4, -0.2) is 32.0 Å². The first-order chi connectivity index (χ1) is 17.5. The van der Waals surface area contributed by atoms with Crippen LogP contribution in [0.4, 0.5) is 5.69 Å². The molecule has 2 aromatic carbocycles. The van der Waals surface area contributed by atoms with Gasteiger partial charge in [0.15, 0.2) is 5.11 Å². The minimum atomic E-state index is -0.142.